The van der Waals surface area contributed by atoms with Crippen LogP contribution < -0.4 is 5.32 Å². The minimum atomic E-state index is -0.706. The summed E-state index contributed by atoms with van der Waals surface area (Å²) in [6.07, 6.45) is 6.94. The van der Waals surface area contributed by atoms with Gasteiger partial charge in [0.05, 0.1) is 6.67 Å². The van der Waals surface area contributed by atoms with Crippen molar-refractivity contribution in [3.63, 3.8) is 0 Å². The maximum absolute atomic E-state index is 13.3. The number of amides is 3. The Labute approximate surface area is 186 Å². The second kappa shape index (κ2) is 8.75. The van der Waals surface area contributed by atoms with Crippen LogP contribution in [-0.4, -0.2) is 71.6 Å². The van der Waals surface area contributed by atoms with Crippen molar-refractivity contribution >= 4 is 18.0 Å². The fraction of sp³-hybridized carbons (Fsp3) is 0.600. The Bertz CT molecular complexity index is 829. The van der Waals surface area contributed by atoms with Crippen molar-refractivity contribution in [1.29, 1.82) is 0 Å². The van der Waals surface area contributed by atoms with E-state index in [2.05, 4.69) is 60.2 Å². The summed E-state index contributed by atoms with van der Waals surface area (Å²) in [6, 6.07) is 10.1. The van der Waals surface area contributed by atoms with Crippen LogP contribution in [0.4, 0.5) is 4.79 Å². The molecule has 168 valence electrons. The Morgan fingerprint density at radius 1 is 1.03 bits per heavy atom. The van der Waals surface area contributed by atoms with Crippen LogP contribution in [0.15, 0.2) is 36.4 Å². The van der Waals surface area contributed by atoms with Crippen molar-refractivity contribution in [2.75, 3.05) is 39.4 Å². The van der Waals surface area contributed by atoms with Crippen LogP contribution in [0.25, 0.3) is 6.08 Å². The smallest absolute Gasteiger partial charge is 0.323 e. The maximum atomic E-state index is 13.3. The number of hydrogen-bond acceptors (Lipinski definition) is 4. The molecule has 1 N–H and O–H groups in total. The van der Waals surface area contributed by atoms with E-state index < -0.39 is 5.54 Å². The second-order valence-corrected chi connectivity index (χ2v) is 10.5. The third-order valence-electron chi connectivity index (χ3n) is 6.90. The molecule has 3 fully saturated rings. The number of piperazine rings is 1. The van der Waals surface area contributed by atoms with Crippen molar-refractivity contribution in [2.24, 2.45) is 11.3 Å². The third kappa shape index (κ3) is 5.01. The van der Waals surface area contributed by atoms with Gasteiger partial charge in [-0.05, 0) is 36.2 Å². The molecule has 0 bridgehead atoms. The zero-order valence-corrected chi connectivity index (χ0v) is 19.1. The Morgan fingerprint density at radius 3 is 2.39 bits per heavy atom. The van der Waals surface area contributed by atoms with E-state index in [1.165, 1.54) is 10.5 Å². The molecule has 6 nitrogen and oxygen atoms in total. The number of urea groups is 1. The van der Waals surface area contributed by atoms with Crippen molar-refractivity contribution in [1.82, 2.24) is 20.0 Å². The number of rotatable bonds is 5. The van der Waals surface area contributed by atoms with E-state index in [0.29, 0.717) is 12.6 Å². The van der Waals surface area contributed by atoms with Gasteiger partial charge in [0.2, 0.25) is 0 Å². The number of nitrogens with one attached hydrogen (secondary N) is 1. The van der Waals surface area contributed by atoms with Crippen molar-refractivity contribution in [2.45, 2.75) is 45.6 Å². The number of benzene rings is 1. The lowest BCUT2D eigenvalue weighted by Gasteiger charge is -2.44. The molecule has 3 amide bonds. The molecule has 4 rings (SSSR count). The lowest BCUT2D eigenvalue weighted by molar-refractivity contribution is -0.136. The minimum Gasteiger partial charge on any atom is -0.323 e. The highest BCUT2D eigenvalue weighted by molar-refractivity contribution is 6.07. The van der Waals surface area contributed by atoms with Crippen molar-refractivity contribution in [3.8, 4) is 0 Å². The molecule has 1 spiro atoms. The zero-order chi connectivity index (χ0) is 22.1. The molecule has 0 aromatic heterocycles. The predicted octanol–water partition coefficient (Wildman–Crippen LogP) is 3.41. The lowest BCUT2D eigenvalue weighted by Crippen LogP contribution is -2.55. The number of imide groups is 1. The monoisotopic (exact) mass is 424 g/mol. The normalized spacial score (nSPS) is 29.8. The van der Waals surface area contributed by atoms with E-state index in [4.69, 9.17) is 0 Å². The molecular weight excluding hydrogens is 388 g/mol. The topological polar surface area (TPSA) is 55.9 Å². The Balaban J connectivity index is 1.29. The number of carbonyl (C=O) groups is 2. The van der Waals surface area contributed by atoms with Gasteiger partial charge in [-0.15, -0.1) is 0 Å². The Kier molecular flexibility index (Phi) is 6.22. The predicted molar refractivity (Wildman–Crippen MR) is 123 cm³/mol. The Hall–Kier alpha value is -2.18. The molecule has 2 saturated heterocycles. The van der Waals surface area contributed by atoms with Gasteiger partial charge in [-0.1, -0.05) is 63.3 Å². The van der Waals surface area contributed by atoms with Gasteiger partial charge in [0, 0.05) is 32.7 Å². The average molecular weight is 425 g/mol. The van der Waals surface area contributed by atoms with Crippen LogP contribution in [-0.2, 0) is 4.79 Å². The summed E-state index contributed by atoms with van der Waals surface area (Å²) in [5.41, 5.74) is 0.575. The summed E-state index contributed by atoms with van der Waals surface area (Å²) >= 11 is 0. The lowest BCUT2D eigenvalue weighted by atomic mass is 9.64. The quantitative estimate of drug-likeness (QED) is 0.736. The highest BCUT2D eigenvalue weighted by Gasteiger charge is 2.56. The van der Waals surface area contributed by atoms with Crippen molar-refractivity contribution in [3.05, 3.63) is 42.0 Å². The molecule has 2 atom stereocenters. The highest BCUT2D eigenvalue weighted by Crippen LogP contribution is 2.46. The summed E-state index contributed by atoms with van der Waals surface area (Å²) in [7, 11) is 0. The van der Waals surface area contributed by atoms with Crippen molar-refractivity contribution < 1.29 is 9.59 Å². The zero-order valence-electron chi connectivity index (χ0n) is 19.1. The van der Waals surface area contributed by atoms with Crippen LogP contribution in [0, 0.1) is 11.3 Å². The van der Waals surface area contributed by atoms with Gasteiger partial charge in [0.15, 0.2) is 0 Å². The molecule has 1 saturated carbocycles. The van der Waals surface area contributed by atoms with Gasteiger partial charge < -0.3 is 5.32 Å². The second-order valence-electron chi connectivity index (χ2n) is 10.5. The standard InChI is InChI=1S/C25H36N4O2/c1-20-16-24(2,3)18-25(17-20)22(30)29(23(31)26-25)19-28-14-12-27(13-15-28)11-7-10-21-8-5-4-6-9-21/h4-10,20H,11-19H2,1-3H3,(H,26,31)/b10-7+. The molecule has 0 radical (unpaired) electrons. The molecule has 2 heterocycles. The minimum absolute atomic E-state index is 0.0228. The van der Waals surface area contributed by atoms with Crippen LogP contribution in [0.1, 0.15) is 45.6 Å². The van der Waals surface area contributed by atoms with Crippen LogP contribution in [0.3, 0.4) is 0 Å². The molecule has 2 unspecified atom stereocenters. The van der Waals surface area contributed by atoms with Gasteiger partial charge >= 0.3 is 6.03 Å². The third-order valence-corrected chi connectivity index (χ3v) is 6.90. The molecule has 6 heteroatoms. The van der Waals surface area contributed by atoms with Crippen LogP contribution >= 0.6 is 0 Å². The fourth-order valence-electron chi connectivity index (χ4n) is 5.85. The molecular formula is C25H36N4O2. The van der Waals surface area contributed by atoms with E-state index in [0.717, 1.165) is 52.0 Å². The highest BCUT2D eigenvalue weighted by atomic mass is 16.2. The molecule has 2 aliphatic heterocycles. The number of carbonyl (C=O) groups excluding carboxylic acids is 2. The average Bonchev–Trinajstić information content (AvgIpc) is 2.92. The van der Waals surface area contributed by atoms with Gasteiger partial charge in [-0.2, -0.15) is 0 Å². The SMILES string of the molecule is CC1CC(C)(C)CC2(C1)NC(=O)N(CN1CCN(C/C=C/c3ccccc3)CC1)C2=O. The van der Waals surface area contributed by atoms with E-state index in [1.54, 1.807) is 0 Å². The molecule has 1 aromatic carbocycles. The Morgan fingerprint density at radius 2 is 1.71 bits per heavy atom. The number of hydrogen-bond donors (Lipinski definition) is 1. The van der Waals surface area contributed by atoms with E-state index in [1.807, 2.05) is 18.2 Å². The van der Waals surface area contributed by atoms with E-state index in [9.17, 15) is 9.59 Å². The fourth-order valence-corrected chi connectivity index (χ4v) is 5.85. The first kappa shape index (κ1) is 22.0. The first-order valence-corrected chi connectivity index (χ1v) is 11.6. The number of nitrogens with zero attached hydrogens (tertiary/aromatic N) is 3. The summed E-state index contributed by atoms with van der Waals surface area (Å²) < 4.78 is 0. The van der Waals surface area contributed by atoms with Crippen LogP contribution in [0.2, 0.25) is 0 Å². The van der Waals surface area contributed by atoms with Gasteiger partial charge in [-0.25, -0.2) is 9.69 Å². The molecule has 3 aliphatic rings. The summed E-state index contributed by atoms with van der Waals surface area (Å²) in [4.78, 5) is 32.2. The largest absolute Gasteiger partial charge is 0.326 e. The van der Waals surface area contributed by atoms with Gasteiger partial charge in [-0.3, -0.25) is 14.6 Å². The summed E-state index contributed by atoms with van der Waals surface area (Å²) in [5.74, 6) is 0.408. The first-order chi connectivity index (χ1) is 14.8. The van der Waals surface area contributed by atoms with Gasteiger partial charge in [0.1, 0.15) is 5.54 Å². The van der Waals surface area contributed by atoms with E-state index >= 15 is 0 Å². The molecule has 1 aliphatic carbocycles. The summed E-state index contributed by atoms with van der Waals surface area (Å²) in [5, 5.41) is 3.09. The summed E-state index contributed by atoms with van der Waals surface area (Å²) in [6.45, 7) is 11.5. The van der Waals surface area contributed by atoms with E-state index in [-0.39, 0.29) is 17.4 Å². The van der Waals surface area contributed by atoms with Gasteiger partial charge in [0.25, 0.3) is 5.91 Å². The first-order valence-electron chi connectivity index (χ1n) is 11.6. The van der Waals surface area contributed by atoms with Crippen LogP contribution in [0.5, 0.6) is 0 Å². The molecule has 1 aromatic rings. The maximum Gasteiger partial charge on any atom is 0.326 e. The molecule has 31 heavy (non-hydrogen) atoms.